The van der Waals surface area contributed by atoms with Crippen molar-refractivity contribution in [1.82, 2.24) is 4.98 Å². The third-order valence-electron chi connectivity index (χ3n) is 7.37. The minimum Gasteiger partial charge on any atom is -0.493 e. The smallest absolute Gasteiger partial charge is 0.367 e. The number of nitrogens with zero attached hydrogens (tertiary/aromatic N) is 2. The van der Waals surface area contributed by atoms with E-state index in [0.29, 0.717) is 49.6 Å². The van der Waals surface area contributed by atoms with Crippen molar-refractivity contribution >= 4 is 35.1 Å². The van der Waals surface area contributed by atoms with Gasteiger partial charge in [0.15, 0.2) is 0 Å². The number of carbonyl (C=O) groups is 1. The van der Waals surface area contributed by atoms with Gasteiger partial charge >= 0.3 is 7.60 Å². The van der Waals surface area contributed by atoms with Crippen LogP contribution in [0.25, 0.3) is 0 Å². The van der Waals surface area contributed by atoms with Gasteiger partial charge in [0.25, 0.3) is 0 Å². The Kier molecular flexibility index (Phi) is 9.32. The number of thiazole rings is 1. The van der Waals surface area contributed by atoms with Crippen molar-refractivity contribution < 1.29 is 29.0 Å². The number of anilines is 1. The van der Waals surface area contributed by atoms with Crippen LogP contribution >= 0.6 is 18.9 Å². The summed E-state index contributed by atoms with van der Waals surface area (Å²) in [5.74, 6) is 0.452. The van der Waals surface area contributed by atoms with Gasteiger partial charge in [0.2, 0.25) is 5.91 Å². The normalized spacial score (nSPS) is 18.0. The summed E-state index contributed by atoms with van der Waals surface area (Å²) in [5.41, 5.74) is 2.74. The van der Waals surface area contributed by atoms with Gasteiger partial charge in [-0.05, 0) is 54.7 Å². The summed E-state index contributed by atoms with van der Waals surface area (Å²) in [4.78, 5) is 38.2. The van der Waals surface area contributed by atoms with Crippen molar-refractivity contribution in [2.75, 3.05) is 18.1 Å². The predicted octanol–water partition coefficient (Wildman–Crippen LogP) is 4.90. The molecule has 1 saturated heterocycles. The Bertz CT molecular complexity index is 1480. The van der Waals surface area contributed by atoms with Gasteiger partial charge in [-0.3, -0.25) is 9.36 Å². The van der Waals surface area contributed by atoms with Crippen molar-refractivity contribution in [2.45, 2.75) is 31.8 Å². The Hall–Kier alpha value is -3.33. The summed E-state index contributed by atoms with van der Waals surface area (Å²) in [6.07, 6.45) is 2.98. The summed E-state index contributed by atoms with van der Waals surface area (Å²) in [6.45, 7) is 0.909. The Morgan fingerprint density at radius 2 is 1.68 bits per heavy atom. The standard InChI is InChI=1S/C31H33N2O6PS/c34-28(18-22-8-3-1-4-9-22)23-14-16-26(17-15-23)39-21-24-20-33(25-10-5-2-6-11-25)31(35)27(24)12-7-13-29-32-19-30(41-29)40(36,37)38/h1-6,8-11,14-17,19,24,27-28,34H,7,12-13,18,20-21H2,(H2,36,37,38)/t24-,27-,28?/m1/s1. The molecule has 0 bridgehead atoms. The van der Waals surface area contributed by atoms with E-state index in [1.54, 1.807) is 0 Å². The highest BCUT2D eigenvalue weighted by atomic mass is 32.1. The van der Waals surface area contributed by atoms with Crippen LogP contribution in [0.3, 0.4) is 0 Å². The fraction of sp³-hybridized carbons (Fsp3) is 0.290. The summed E-state index contributed by atoms with van der Waals surface area (Å²) in [6, 6.07) is 26.9. The minimum absolute atomic E-state index is 0.0342. The lowest BCUT2D eigenvalue weighted by Crippen LogP contribution is -2.26. The zero-order valence-electron chi connectivity index (χ0n) is 22.5. The summed E-state index contributed by atoms with van der Waals surface area (Å²) >= 11 is 1.02. The number of ether oxygens (including phenoxy) is 1. The Morgan fingerprint density at radius 1 is 1.00 bits per heavy atom. The number of amides is 1. The maximum atomic E-state index is 13.5. The quantitative estimate of drug-likeness (QED) is 0.200. The molecule has 3 atom stereocenters. The van der Waals surface area contributed by atoms with Crippen LogP contribution in [0.2, 0.25) is 0 Å². The molecule has 4 aromatic rings. The van der Waals surface area contributed by atoms with Crippen LogP contribution in [0.4, 0.5) is 5.69 Å². The molecule has 0 aliphatic carbocycles. The first kappa shape index (κ1) is 29.2. The molecule has 0 radical (unpaired) electrons. The number of hydrogen-bond donors (Lipinski definition) is 3. The third kappa shape index (κ3) is 7.50. The molecule has 1 unspecified atom stereocenters. The number of aryl methyl sites for hydroxylation is 1. The molecular weight excluding hydrogens is 559 g/mol. The first-order valence-corrected chi connectivity index (χ1v) is 16.0. The van der Waals surface area contributed by atoms with Crippen molar-refractivity contribution in [3.63, 3.8) is 0 Å². The molecule has 41 heavy (non-hydrogen) atoms. The topological polar surface area (TPSA) is 120 Å². The molecule has 1 aliphatic heterocycles. The lowest BCUT2D eigenvalue weighted by atomic mass is 9.91. The van der Waals surface area contributed by atoms with Crippen molar-refractivity contribution in [3.05, 3.63) is 107 Å². The summed E-state index contributed by atoms with van der Waals surface area (Å²) < 4.78 is 17.6. The molecule has 1 fully saturated rings. The van der Waals surface area contributed by atoms with Gasteiger partial charge in [-0.25, -0.2) is 4.98 Å². The fourth-order valence-corrected chi connectivity index (χ4v) is 6.89. The first-order valence-electron chi connectivity index (χ1n) is 13.6. The van der Waals surface area contributed by atoms with E-state index < -0.39 is 13.7 Å². The fourth-order valence-electron chi connectivity index (χ4n) is 5.19. The van der Waals surface area contributed by atoms with Crippen LogP contribution in [0.15, 0.2) is 91.1 Å². The van der Waals surface area contributed by atoms with Gasteiger partial charge in [0.1, 0.15) is 10.4 Å². The summed E-state index contributed by atoms with van der Waals surface area (Å²) in [5, 5.41) is 11.3. The van der Waals surface area contributed by atoms with Gasteiger partial charge in [-0.1, -0.05) is 60.7 Å². The number of benzene rings is 3. The van der Waals surface area contributed by atoms with Crippen LogP contribution in [0, 0.1) is 11.8 Å². The molecule has 1 aromatic heterocycles. The number of aromatic nitrogens is 1. The largest absolute Gasteiger partial charge is 0.493 e. The average molecular weight is 593 g/mol. The molecule has 214 valence electrons. The second-order valence-electron chi connectivity index (χ2n) is 10.3. The zero-order valence-corrected chi connectivity index (χ0v) is 24.2. The molecular formula is C31H33N2O6PS. The maximum Gasteiger partial charge on any atom is 0.367 e. The van der Waals surface area contributed by atoms with E-state index in [1.165, 1.54) is 6.20 Å². The molecule has 2 heterocycles. The monoisotopic (exact) mass is 592 g/mol. The highest BCUT2D eigenvalue weighted by Gasteiger charge is 2.41. The molecule has 3 aromatic carbocycles. The van der Waals surface area contributed by atoms with E-state index in [4.69, 9.17) is 4.74 Å². The zero-order chi connectivity index (χ0) is 28.8. The molecule has 0 saturated carbocycles. The van der Waals surface area contributed by atoms with Crippen LogP contribution in [-0.2, 0) is 22.2 Å². The van der Waals surface area contributed by atoms with Crippen LogP contribution in [0.1, 0.15) is 35.1 Å². The SMILES string of the molecule is O=C1[C@H](CCCc2ncc(P(=O)(O)O)s2)[C@@H](COc2ccc(C(O)Cc3ccccc3)cc2)CN1c1ccccc1. The predicted molar refractivity (Wildman–Crippen MR) is 160 cm³/mol. The van der Waals surface area contributed by atoms with E-state index in [-0.39, 0.29) is 22.4 Å². The van der Waals surface area contributed by atoms with E-state index in [9.17, 15) is 24.3 Å². The van der Waals surface area contributed by atoms with Gasteiger partial charge < -0.3 is 24.5 Å². The summed E-state index contributed by atoms with van der Waals surface area (Å²) in [7, 11) is -4.31. The molecule has 0 spiro atoms. The number of rotatable bonds is 12. The third-order valence-corrected chi connectivity index (χ3v) is 9.91. The van der Waals surface area contributed by atoms with E-state index in [2.05, 4.69) is 4.98 Å². The van der Waals surface area contributed by atoms with E-state index >= 15 is 0 Å². The van der Waals surface area contributed by atoms with E-state index in [1.807, 2.05) is 89.8 Å². The molecule has 1 amide bonds. The molecule has 3 N–H and O–H groups in total. The number of para-hydroxylation sites is 1. The van der Waals surface area contributed by atoms with Gasteiger partial charge in [0, 0.05) is 30.5 Å². The molecule has 1 aliphatic rings. The minimum atomic E-state index is -4.31. The molecule has 10 heteroatoms. The van der Waals surface area contributed by atoms with Gasteiger partial charge in [0.05, 0.1) is 23.9 Å². The molecule has 8 nitrogen and oxygen atoms in total. The number of hydrogen-bond acceptors (Lipinski definition) is 6. The number of carbonyl (C=O) groups excluding carboxylic acids is 1. The first-order chi connectivity index (χ1) is 19.8. The van der Waals surface area contributed by atoms with Crippen molar-refractivity contribution in [2.24, 2.45) is 11.8 Å². The Balaban J connectivity index is 1.21. The highest BCUT2D eigenvalue weighted by molar-refractivity contribution is 7.67. The average Bonchev–Trinajstić information content (AvgIpc) is 3.58. The second-order valence-corrected chi connectivity index (χ2v) is 13.3. The second kappa shape index (κ2) is 13.1. The maximum absolute atomic E-state index is 13.5. The van der Waals surface area contributed by atoms with Crippen LogP contribution < -0.4 is 14.3 Å². The van der Waals surface area contributed by atoms with Crippen LogP contribution in [-0.4, -0.2) is 38.9 Å². The highest BCUT2D eigenvalue weighted by Crippen LogP contribution is 2.37. The number of aliphatic hydroxyl groups excluding tert-OH is 1. The van der Waals surface area contributed by atoms with Gasteiger partial charge in [-0.2, -0.15) is 0 Å². The van der Waals surface area contributed by atoms with Crippen LogP contribution in [0.5, 0.6) is 5.75 Å². The Labute approximate surface area is 243 Å². The lowest BCUT2D eigenvalue weighted by molar-refractivity contribution is -0.121. The van der Waals surface area contributed by atoms with E-state index in [0.717, 1.165) is 28.2 Å². The molecule has 5 rings (SSSR count). The van der Waals surface area contributed by atoms with Crippen molar-refractivity contribution in [1.29, 1.82) is 0 Å². The van der Waals surface area contributed by atoms with Gasteiger partial charge in [-0.15, -0.1) is 11.3 Å². The number of aliphatic hydroxyl groups is 1. The van der Waals surface area contributed by atoms with Crippen molar-refractivity contribution in [3.8, 4) is 5.75 Å². The Morgan fingerprint density at radius 3 is 2.34 bits per heavy atom. The lowest BCUT2D eigenvalue weighted by Gasteiger charge is -2.18.